The van der Waals surface area contributed by atoms with E-state index in [4.69, 9.17) is 26.4 Å². The second kappa shape index (κ2) is 11.1. The predicted molar refractivity (Wildman–Crippen MR) is 142 cm³/mol. The minimum absolute atomic E-state index is 0. The Kier molecular flexibility index (Phi) is 9.06. The lowest BCUT2D eigenvalue weighted by Gasteiger charge is -2.14. The zero-order valence-electron chi connectivity index (χ0n) is 19.4. The number of ether oxygens (including phenoxy) is 1. The normalized spacial score (nSPS) is 10.8. The summed E-state index contributed by atoms with van der Waals surface area (Å²) >= 11 is 6.26. The molecule has 0 aliphatic carbocycles. The van der Waals surface area contributed by atoms with Crippen molar-refractivity contribution in [1.82, 2.24) is 19.7 Å². The van der Waals surface area contributed by atoms with E-state index in [0.29, 0.717) is 24.1 Å². The molecule has 0 saturated carbocycles. The van der Waals surface area contributed by atoms with Crippen molar-refractivity contribution >= 4 is 53.1 Å². The number of benzene rings is 2. The van der Waals surface area contributed by atoms with Crippen LogP contribution in [0.2, 0.25) is 5.02 Å². The van der Waals surface area contributed by atoms with Crippen LogP contribution in [-0.4, -0.2) is 40.5 Å². The topological polar surface area (TPSA) is 59.0 Å². The molecule has 0 unspecified atom stereocenters. The number of aromatic amines is 1. The highest BCUT2D eigenvalue weighted by molar-refractivity contribution is 6.30. The molecule has 2 aromatic heterocycles. The molecule has 0 spiro atoms. The fourth-order valence-corrected chi connectivity index (χ4v) is 3.60. The molecule has 2 aromatic carbocycles. The van der Waals surface area contributed by atoms with Gasteiger partial charge in [-0.25, -0.2) is 4.98 Å². The molecule has 0 saturated heterocycles. The number of aryl methyl sites for hydroxylation is 1. The number of hydrogen-bond acceptors (Lipinski definition) is 4. The molecule has 33 heavy (non-hydrogen) atoms. The molecule has 4 aromatic rings. The molecule has 0 aliphatic heterocycles. The van der Waals surface area contributed by atoms with Crippen molar-refractivity contribution in [2.45, 2.75) is 27.3 Å². The molecule has 0 aliphatic rings. The second-order valence-corrected chi connectivity index (χ2v) is 8.90. The zero-order valence-corrected chi connectivity index (χ0v) is 21.8. The summed E-state index contributed by atoms with van der Waals surface area (Å²) in [6.45, 7) is 7.54. The minimum Gasteiger partial charge on any atom is -0.493 e. The van der Waals surface area contributed by atoms with Crippen LogP contribution in [0, 0.1) is 12.8 Å². The summed E-state index contributed by atoms with van der Waals surface area (Å²) in [5.41, 5.74) is 5.89. The molecule has 178 valence electrons. The van der Waals surface area contributed by atoms with E-state index in [1.165, 1.54) is 0 Å². The maximum atomic E-state index is 6.26. The lowest BCUT2D eigenvalue weighted by molar-refractivity contribution is 0.268. The molecule has 0 atom stereocenters. The average Bonchev–Trinajstić information content (AvgIpc) is 3.30. The zero-order chi connectivity index (χ0) is 22.1. The number of halogens is 3. The number of fused-ring (bicyclic) bond motifs is 1. The van der Waals surface area contributed by atoms with Gasteiger partial charge in [0.25, 0.3) is 0 Å². The molecule has 6 nitrogen and oxygen atoms in total. The molecule has 2 heterocycles. The van der Waals surface area contributed by atoms with Crippen molar-refractivity contribution in [3.05, 3.63) is 58.7 Å². The van der Waals surface area contributed by atoms with Crippen LogP contribution in [-0.2, 0) is 6.54 Å². The van der Waals surface area contributed by atoms with Gasteiger partial charge in [-0.3, -0.25) is 4.68 Å². The SMILES string of the molecule is Cc1cc(-c2nc3cc(N(C)C)ccc3[nH]2)nn1Cc1cc(Cl)ccc1OCC(C)C.Cl.Cl. The Morgan fingerprint density at radius 3 is 2.55 bits per heavy atom. The second-order valence-electron chi connectivity index (χ2n) is 8.47. The first-order chi connectivity index (χ1) is 14.8. The quantitative estimate of drug-likeness (QED) is 0.313. The number of nitrogens with zero attached hydrogens (tertiary/aromatic N) is 4. The summed E-state index contributed by atoms with van der Waals surface area (Å²) in [7, 11) is 4.05. The van der Waals surface area contributed by atoms with Crippen molar-refractivity contribution in [2.75, 3.05) is 25.6 Å². The van der Waals surface area contributed by atoms with Crippen molar-refractivity contribution < 1.29 is 4.74 Å². The molecule has 1 N–H and O–H groups in total. The fourth-order valence-electron chi connectivity index (χ4n) is 3.41. The Balaban J connectivity index is 0.00000193. The summed E-state index contributed by atoms with van der Waals surface area (Å²) < 4.78 is 7.97. The number of nitrogens with one attached hydrogen (secondary N) is 1. The number of imidazole rings is 1. The molecular formula is C24H30Cl3N5O. The Hall–Kier alpha value is -2.41. The van der Waals surface area contributed by atoms with E-state index in [-0.39, 0.29) is 24.8 Å². The predicted octanol–water partition coefficient (Wildman–Crippen LogP) is 6.38. The summed E-state index contributed by atoms with van der Waals surface area (Å²) in [6, 6.07) is 14.0. The summed E-state index contributed by atoms with van der Waals surface area (Å²) in [5, 5.41) is 5.49. The largest absolute Gasteiger partial charge is 0.493 e. The van der Waals surface area contributed by atoms with Crippen LogP contribution in [0.3, 0.4) is 0 Å². The summed E-state index contributed by atoms with van der Waals surface area (Å²) in [4.78, 5) is 10.2. The molecule has 0 bridgehead atoms. The monoisotopic (exact) mass is 509 g/mol. The molecular weight excluding hydrogens is 481 g/mol. The van der Waals surface area contributed by atoms with Crippen LogP contribution in [0.25, 0.3) is 22.6 Å². The maximum absolute atomic E-state index is 6.26. The highest BCUT2D eigenvalue weighted by Gasteiger charge is 2.14. The Bertz CT molecular complexity index is 1220. The van der Waals surface area contributed by atoms with E-state index < -0.39 is 0 Å². The van der Waals surface area contributed by atoms with Crippen LogP contribution >= 0.6 is 36.4 Å². The molecule has 0 radical (unpaired) electrons. The van der Waals surface area contributed by atoms with Gasteiger partial charge in [-0.05, 0) is 55.3 Å². The van der Waals surface area contributed by atoms with Gasteiger partial charge in [0, 0.05) is 36.1 Å². The van der Waals surface area contributed by atoms with Crippen LogP contribution < -0.4 is 9.64 Å². The van der Waals surface area contributed by atoms with Crippen LogP contribution in [0.4, 0.5) is 5.69 Å². The summed E-state index contributed by atoms with van der Waals surface area (Å²) in [6.07, 6.45) is 0. The van der Waals surface area contributed by atoms with E-state index in [0.717, 1.165) is 45.2 Å². The van der Waals surface area contributed by atoms with Gasteiger partial charge in [0.1, 0.15) is 11.4 Å². The Morgan fingerprint density at radius 1 is 1.09 bits per heavy atom. The average molecular weight is 511 g/mol. The van der Waals surface area contributed by atoms with Crippen molar-refractivity contribution in [2.24, 2.45) is 5.92 Å². The van der Waals surface area contributed by atoms with Crippen molar-refractivity contribution in [1.29, 1.82) is 0 Å². The van der Waals surface area contributed by atoms with Crippen LogP contribution in [0.1, 0.15) is 25.1 Å². The first kappa shape index (κ1) is 26.8. The van der Waals surface area contributed by atoms with Gasteiger partial charge in [0.05, 0.1) is 24.2 Å². The smallest absolute Gasteiger partial charge is 0.159 e. The van der Waals surface area contributed by atoms with Gasteiger partial charge in [-0.15, -0.1) is 24.8 Å². The van der Waals surface area contributed by atoms with E-state index in [1.54, 1.807) is 0 Å². The third kappa shape index (κ3) is 6.14. The molecule has 0 fully saturated rings. The summed E-state index contributed by atoms with van der Waals surface area (Å²) in [5.74, 6) is 2.05. The molecule has 4 rings (SSSR count). The number of rotatable bonds is 7. The third-order valence-corrected chi connectivity index (χ3v) is 5.36. The van der Waals surface area contributed by atoms with E-state index in [1.807, 2.05) is 50.0 Å². The minimum atomic E-state index is 0. The first-order valence-corrected chi connectivity index (χ1v) is 10.8. The van der Waals surface area contributed by atoms with Gasteiger partial charge in [0.15, 0.2) is 5.82 Å². The van der Waals surface area contributed by atoms with Crippen molar-refractivity contribution in [3.63, 3.8) is 0 Å². The lowest BCUT2D eigenvalue weighted by atomic mass is 10.2. The van der Waals surface area contributed by atoms with Gasteiger partial charge in [0.2, 0.25) is 0 Å². The van der Waals surface area contributed by atoms with Gasteiger partial charge in [-0.1, -0.05) is 25.4 Å². The lowest BCUT2D eigenvalue weighted by Crippen LogP contribution is -2.09. The first-order valence-electron chi connectivity index (χ1n) is 10.4. The van der Waals surface area contributed by atoms with Gasteiger partial charge >= 0.3 is 0 Å². The standard InChI is InChI=1S/C24H28ClN5O.2ClH/c1-15(2)14-31-23-9-6-18(25)11-17(23)13-30-16(3)10-22(28-30)24-26-20-8-7-19(29(4)5)12-21(20)27-24;;/h6-12,15H,13-14H2,1-5H3,(H,26,27);2*1H. The Labute approximate surface area is 212 Å². The fraction of sp³-hybridized carbons (Fsp3) is 0.333. The number of anilines is 1. The van der Waals surface area contributed by atoms with E-state index in [2.05, 4.69) is 41.9 Å². The number of aromatic nitrogens is 4. The maximum Gasteiger partial charge on any atom is 0.159 e. The number of hydrogen-bond donors (Lipinski definition) is 1. The number of H-pyrrole nitrogens is 1. The molecule has 9 heteroatoms. The van der Waals surface area contributed by atoms with Crippen molar-refractivity contribution in [3.8, 4) is 17.3 Å². The molecule has 0 amide bonds. The highest BCUT2D eigenvalue weighted by Crippen LogP contribution is 2.27. The van der Waals surface area contributed by atoms with E-state index in [9.17, 15) is 0 Å². The highest BCUT2D eigenvalue weighted by atomic mass is 35.5. The van der Waals surface area contributed by atoms with Crippen LogP contribution in [0.15, 0.2) is 42.5 Å². The van der Waals surface area contributed by atoms with Crippen LogP contribution in [0.5, 0.6) is 5.75 Å². The van der Waals surface area contributed by atoms with Gasteiger partial charge in [-0.2, -0.15) is 5.10 Å². The third-order valence-electron chi connectivity index (χ3n) is 5.12. The Morgan fingerprint density at radius 2 is 1.85 bits per heavy atom. The van der Waals surface area contributed by atoms with E-state index >= 15 is 0 Å². The van der Waals surface area contributed by atoms with Gasteiger partial charge < -0.3 is 14.6 Å².